The van der Waals surface area contributed by atoms with E-state index in [1.165, 1.54) is 23.9 Å². The van der Waals surface area contributed by atoms with Crippen molar-refractivity contribution in [1.82, 2.24) is 19.5 Å². The van der Waals surface area contributed by atoms with Gasteiger partial charge in [-0.3, -0.25) is 10.1 Å². The number of ether oxygens (including phenoxy) is 2. The van der Waals surface area contributed by atoms with Gasteiger partial charge in [0.2, 0.25) is 0 Å². The molecule has 2 aliphatic heterocycles. The second kappa shape index (κ2) is 15.3. The Morgan fingerprint density at radius 1 is 1.02 bits per heavy atom. The van der Waals surface area contributed by atoms with Gasteiger partial charge in [-0.1, -0.05) is 34.1 Å². The third-order valence-electron chi connectivity index (χ3n) is 7.98. The molecule has 0 radical (unpaired) electrons. The summed E-state index contributed by atoms with van der Waals surface area (Å²) in [4.78, 5) is 49.1. The Morgan fingerprint density at radius 2 is 1.68 bits per heavy atom. The van der Waals surface area contributed by atoms with Gasteiger partial charge in [0.15, 0.2) is 0 Å². The van der Waals surface area contributed by atoms with Crippen LogP contribution in [0.3, 0.4) is 0 Å². The molecule has 12 nitrogen and oxygen atoms in total. The van der Waals surface area contributed by atoms with Crippen LogP contribution in [-0.2, 0) is 30.8 Å². The van der Waals surface area contributed by atoms with Gasteiger partial charge in [-0.25, -0.2) is 27.3 Å². The summed E-state index contributed by atoms with van der Waals surface area (Å²) in [5.74, 6) is 0.0613. The van der Waals surface area contributed by atoms with Crippen LogP contribution in [0.5, 0.6) is 5.75 Å². The molecule has 50 heavy (non-hydrogen) atoms. The summed E-state index contributed by atoms with van der Waals surface area (Å²) in [6.07, 6.45) is 1.06. The largest absolute Gasteiger partial charge is 0.458 e. The topological polar surface area (TPSA) is 138 Å². The molecule has 0 saturated carbocycles. The number of hydrogen-bond acceptors (Lipinski definition) is 11. The smallest absolute Gasteiger partial charge is 0.415 e. The molecule has 2 saturated heterocycles. The summed E-state index contributed by atoms with van der Waals surface area (Å²) in [7, 11) is -4.54. The van der Waals surface area contributed by atoms with E-state index < -0.39 is 50.5 Å². The summed E-state index contributed by atoms with van der Waals surface area (Å²) in [5, 5.41) is 2.29. The molecule has 2 fully saturated rings. The number of halogens is 1. The van der Waals surface area contributed by atoms with Crippen LogP contribution < -0.4 is 15.0 Å². The molecule has 2 aliphatic rings. The molecular formula is C35H42BrN5O7S2. The number of carbonyl (C=O) groups excluding carboxylic acids is 3. The zero-order valence-electron chi connectivity index (χ0n) is 28.7. The molecule has 268 valence electrons. The van der Waals surface area contributed by atoms with Crippen LogP contribution in [0.1, 0.15) is 40.2 Å². The number of nitrogens with zero attached hydrogens (tertiary/aromatic N) is 4. The standard InChI is InChI=1S/C35H42BrN5O7S2/c1-34(2,3)48-32(43)28(41(31(42)30-38-35(4,5)23-49-30)50(45,46)27-15-11-25(36)12-16-27)22-24-9-13-26(14-10-24)47-33(44)40-20-18-39(19-21-40)29-8-6-7-17-37-29/h6-17,28,30,38H,18-23H2,1-5H3/t28-,30-/m0/s1. The summed E-state index contributed by atoms with van der Waals surface area (Å²) >= 11 is 4.61. The highest BCUT2D eigenvalue weighted by Crippen LogP contribution is 2.32. The van der Waals surface area contributed by atoms with Gasteiger partial charge in [0.1, 0.15) is 28.6 Å². The molecule has 0 aliphatic carbocycles. The fourth-order valence-electron chi connectivity index (χ4n) is 5.51. The molecule has 1 aromatic heterocycles. The maximum Gasteiger partial charge on any atom is 0.415 e. The van der Waals surface area contributed by atoms with E-state index in [2.05, 4.69) is 31.1 Å². The number of thioether (sulfide) groups is 1. The van der Waals surface area contributed by atoms with Gasteiger partial charge >= 0.3 is 12.1 Å². The summed E-state index contributed by atoms with van der Waals surface area (Å²) in [6, 6.07) is 16.5. The lowest BCUT2D eigenvalue weighted by Crippen LogP contribution is -2.56. The number of amides is 2. The zero-order chi connectivity index (χ0) is 36.3. The van der Waals surface area contributed by atoms with Crippen molar-refractivity contribution in [2.45, 2.75) is 68.5 Å². The van der Waals surface area contributed by atoms with Gasteiger partial charge in [-0.2, -0.15) is 0 Å². The van der Waals surface area contributed by atoms with Gasteiger partial charge in [-0.15, -0.1) is 11.8 Å². The van der Waals surface area contributed by atoms with Crippen LogP contribution in [-0.4, -0.2) is 95.1 Å². The molecule has 15 heteroatoms. The van der Waals surface area contributed by atoms with E-state index in [0.717, 1.165) is 5.82 Å². The van der Waals surface area contributed by atoms with E-state index in [-0.39, 0.29) is 17.1 Å². The first-order chi connectivity index (χ1) is 23.5. The van der Waals surface area contributed by atoms with E-state index in [9.17, 15) is 22.8 Å². The molecule has 0 unspecified atom stereocenters. The summed E-state index contributed by atoms with van der Waals surface area (Å²) in [5.41, 5.74) is -0.866. The highest BCUT2D eigenvalue weighted by molar-refractivity contribution is 9.10. The van der Waals surface area contributed by atoms with Crippen molar-refractivity contribution in [2.75, 3.05) is 36.8 Å². The molecule has 0 bridgehead atoms. The third kappa shape index (κ3) is 9.36. The van der Waals surface area contributed by atoms with Crippen molar-refractivity contribution in [3.63, 3.8) is 0 Å². The number of aromatic nitrogens is 1. The molecule has 0 spiro atoms. The molecule has 3 aromatic rings. The van der Waals surface area contributed by atoms with Crippen LogP contribution in [0.2, 0.25) is 0 Å². The van der Waals surface area contributed by atoms with Crippen LogP contribution in [0.15, 0.2) is 82.3 Å². The minimum absolute atomic E-state index is 0.145. The molecule has 2 atom stereocenters. The van der Waals surface area contributed by atoms with Gasteiger partial charge in [-0.05, 0) is 88.7 Å². The number of esters is 1. The number of pyridine rings is 1. The molecule has 3 heterocycles. The number of rotatable bonds is 9. The molecule has 2 aromatic carbocycles. The number of anilines is 1. The minimum Gasteiger partial charge on any atom is -0.458 e. The first-order valence-corrected chi connectivity index (χ1v) is 19.5. The average molecular weight is 789 g/mol. The molecule has 5 rings (SSSR count). The number of piperazine rings is 1. The van der Waals surface area contributed by atoms with Gasteiger partial charge < -0.3 is 19.3 Å². The van der Waals surface area contributed by atoms with E-state index in [1.54, 1.807) is 68.3 Å². The predicted octanol–water partition coefficient (Wildman–Crippen LogP) is 5.08. The molecular weight excluding hydrogens is 746 g/mol. The number of benzene rings is 2. The first-order valence-electron chi connectivity index (χ1n) is 16.2. The lowest BCUT2D eigenvalue weighted by atomic mass is 10.0. The predicted molar refractivity (Wildman–Crippen MR) is 195 cm³/mol. The Hall–Kier alpha value is -3.66. The van der Waals surface area contributed by atoms with Crippen LogP contribution in [0.4, 0.5) is 10.6 Å². The average Bonchev–Trinajstić information content (AvgIpc) is 3.44. The Kier molecular flexibility index (Phi) is 11.5. The van der Waals surface area contributed by atoms with Crippen molar-refractivity contribution >= 4 is 61.5 Å². The van der Waals surface area contributed by atoms with Crippen molar-refractivity contribution < 1.29 is 32.3 Å². The quantitative estimate of drug-likeness (QED) is 0.291. The van der Waals surface area contributed by atoms with Gasteiger partial charge in [0.25, 0.3) is 15.9 Å². The van der Waals surface area contributed by atoms with Gasteiger partial charge in [0, 0.05) is 54.6 Å². The van der Waals surface area contributed by atoms with Crippen LogP contribution in [0, 0.1) is 0 Å². The fraction of sp³-hybridized carbons (Fsp3) is 0.429. The monoisotopic (exact) mass is 787 g/mol. The Morgan fingerprint density at radius 3 is 2.24 bits per heavy atom. The summed E-state index contributed by atoms with van der Waals surface area (Å²) in [6.45, 7) is 11.0. The van der Waals surface area contributed by atoms with Crippen LogP contribution in [0.25, 0.3) is 0 Å². The highest BCUT2D eigenvalue weighted by Gasteiger charge is 2.47. The second-order valence-corrected chi connectivity index (χ2v) is 17.6. The van der Waals surface area contributed by atoms with E-state index in [1.807, 2.05) is 32.0 Å². The number of carbonyl (C=O) groups is 3. The first kappa shape index (κ1) is 37.6. The SMILES string of the molecule is CC1(C)CS[C@@H](C(=O)N([C@@H](Cc2ccc(OC(=O)N3CCN(c4ccccn4)CC3)cc2)C(=O)OC(C)(C)C)S(=O)(=O)c2ccc(Br)cc2)N1. The van der Waals surface area contributed by atoms with Crippen molar-refractivity contribution in [3.8, 4) is 5.75 Å². The van der Waals surface area contributed by atoms with Gasteiger partial charge in [0.05, 0.1) is 4.90 Å². The van der Waals surface area contributed by atoms with E-state index in [0.29, 0.717) is 46.3 Å². The van der Waals surface area contributed by atoms with Crippen LogP contribution >= 0.6 is 27.7 Å². The molecule has 1 N–H and O–H groups in total. The Balaban J connectivity index is 1.37. The minimum atomic E-state index is -4.54. The van der Waals surface area contributed by atoms with Crippen molar-refractivity contribution in [3.05, 3.63) is 83.0 Å². The van der Waals surface area contributed by atoms with E-state index >= 15 is 0 Å². The maximum atomic E-state index is 14.3. The third-order valence-corrected chi connectivity index (χ3v) is 11.9. The molecule has 2 amide bonds. The fourth-order valence-corrected chi connectivity index (χ4v) is 8.71. The lowest BCUT2D eigenvalue weighted by Gasteiger charge is -2.34. The highest BCUT2D eigenvalue weighted by atomic mass is 79.9. The number of hydrogen-bond donors (Lipinski definition) is 1. The normalized spacial score (nSPS) is 18.3. The Bertz CT molecular complexity index is 1780. The number of sulfonamides is 1. The summed E-state index contributed by atoms with van der Waals surface area (Å²) < 4.78 is 41.3. The van der Waals surface area contributed by atoms with Crippen molar-refractivity contribution in [1.29, 1.82) is 0 Å². The van der Waals surface area contributed by atoms with Crippen molar-refractivity contribution in [2.24, 2.45) is 0 Å². The second-order valence-electron chi connectivity index (χ2n) is 13.7. The van der Waals surface area contributed by atoms with E-state index in [4.69, 9.17) is 9.47 Å². The zero-order valence-corrected chi connectivity index (χ0v) is 31.9. The lowest BCUT2D eigenvalue weighted by molar-refractivity contribution is -0.161. The number of nitrogens with one attached hydrogen (secondary N) is 1. The maximum absolute atomic E-state index is 14.3. The Labute approximate surface area is 306 Å².